The van der Waals surface area contributed by atoms with Crippen LogP contribution < -0.4 is 5.32 Å². The smallest absolute Gasteiger partial charge is 0.110 e. The minimum absolute atomic E-state index is 0.638. The van der Waals surface area contributed by atoms with Gasteiger partial charge in [-0.25, -0.2) is 4.98 Å². The molecule has 1 aliphatic rings. The Morgan fingerprint density at radius 1 is 1.19 bits per heavy atom. The first kappa shape index (κ1) is 14.3. The van der Waals surface area contributed by atoms with E-state index in [0.29, 0.717) is 6.04 Å². The van der Waals surface area contributed by atoms with E-state index >= 15 is 0 Å². The number of imidazole rings is 1. The van der Waals surface area contributed by atoms with E-state index in [1.807, 2.05) is 6.20 Å². The number of hydrogen-bond donors (Lipinski definition) is 1. The summed E-state index contributed by atoms with van der Waals surface area (Å²) < 4.78 is 2.25. The Labute approximate surface area is 127 Å². The highest BCUT2D eigenvalue weighted by Crippen LogP contribution is 2.31. The molecule has 1 aromatic heterocycles. The molecule has 0 amide bonds. The summed E-state index contributed by atoms with van der Waals surface area (Å²) >= 11 is 0. The average Bonchev–Trinajstić information content (AvgIpc) is 3.02. The molecule has 112 valence electrons. The number of nitrogens with zero attached hydrogens (tertiary/aromatic N) is 2. The number of aryl methyl sites for hydroxylation is 1. The molecule has 3 rings (SSSR count). The molecule has 21 heavy (non-hydrogen) atoms. The fourth-order valence-electron chi connectivity index (χ4n) is 3.43. The topological polar surface area (TPSA) is 29.9 Å². The summed E-state index contributed by atoms with van der Waals surface area (Å²) in [6.45, 7) is 7.69. The van der Waals surface area contributed by atoms with E-state index in [0.717, 1.165) is 24.2 Å². The quantitative estimate of drug-likeness (QED) is 0.927. The molecular formula is C18H25N3. The molecule has 3 atom stereocenters. The van der Waals surface area contributed by atoms with E-state index in [2.05, 4.69) is 66.0 Å². The van der Waals surface area contributed by atoms with E-state index < -0.39 is 0 Å². The largest absolute Gasteiger partial charge is 0.308 e. The van der Waals surface area contributed by atoms with E-state index in [-0.39, 0.29) is 0 Å². The van der Waals surface area contributed by atoms with Crippen LogP contribution in [-0.2, 0) is 6.54 Å². The molecule has 0 aliphatic heterocycles. The molecule has 0 radical (unpaired) electrons. The van der Waals surface area contributed by atoms with Crippen LogP contribution in [0, 0.1) is 18.8 Å². The first-order chi connectivity index (χ1) is 10.2. The van der Waals surface area contributed by atoms with Gasteiger partial charge in [0, 0.05) is 18.3 Å². The molecule has 3 heteroatoms. The molecule has 3 unspecified atom stereocenters. The summed E-state index contributed by atoms with van der Waals surface area (Å²) in [6.07, 6.45) is 4.63. The summed E-state index contributed by atoms with van der Waals surface area (Å²) in [5.41, 5.74) is 2.43. The van der Waals surface area contributed by atoms with Gasteiger partial charge in [-0.05, 0) is 43.7 Å². The lowest BCUT2D eigenvalue weighted by molar-refractivity contribution is 0.368. The Morgan fingerprint density at radius 2 is 1.95 bits per heavy atom. The Kier molecular flexibility index (Phi) is 4.11. The molecule has 1 N–H and O–H groups in total. The first-order valence-corrected chi connectivity index (χ1v) is 7.99. The molecule has 1 heterocycles. The van der Waals surface area contributed by atoms with Crippen molar-refractivity contribution in [2.24, 2.45) is 11.8 Å². The fraction of sp³-hybridized carbons (Fsp3) is 0.500. The number of para-hydroxylation sites is 1. The van der Waals surface area contributed by atoms with Gasteiger partial charge >= 0.3 is 0 Å². The zero-order chi connectivity index (χ0) is 14.8. The third-order valence-electron chi connectivity index (χ3n) is 5.04. The van der Waals surface area contributed by atoms with Crippen molar-refractivity contribution < 1.29 is 0 Å². The second-order valence-corrected chi connectivity index (χ2v) is 6.37. The normalized spacial score (nSPS) is 25.4. The average molecular weight is 283 g/mol. The maximum absolute atomic E-state index is 4.50. The predicted molar refractivity (Wildman–Crippen MR) is 86.5 cm³/mol. The molecule has 1 aromatic carbocycles. The Morgan fingerprint density at radius 3 is 2.62 bits per heavy atom. The Balaban J connectivity index is 1.75. The van der Waals surface area contributed by atoms with E-state index in [1.165, 1.54) is 24.2 Å². The number of nitrogens with one attached hydrogen (secondary N) is 1. The highest BCUT2D eigenvalue weighted by molar-refractivity contribution is 5.35. The molecule has 0 bridgehead atoms. The number of aromatic nitrogens is 2. The van der Waals surface area contributed by atoms with Gasteiger partial charge in [0.2, 0.25) is 0 Å². The van der Waals surface area contributed by atoms with Crippen molar-refractivity contribution >= 4 is 0 Å². The third-order valence-corrected chi connectivity index (χ3v) is 5.04. The molecule has 1 saturated carbocycles. The highest BCUT2D eigenvalue weighted by atomic mass is 15.1. The summed E-state index contributed by atoms with van der Waals surface area (Å²) in [7, 11) is 0. The molecule has 0 saturated heterocycles. The second kappa shape index (κ2) is 6.02. The van der Waals surface area contributed by atoms with Crippen molar-refractivity contribution in [1.29, 1.82) is 0 Å². The van der Waals surface area contributed by atoms with Gasteiger partial charge in [0.1, 0.15) is 5.82 Å². The van der Waals surface area contributed by atoms with Crippen LogP contribution in [0.25, 0.3) is 5.69 Å². The fourth-order valence-corrected chi connectivity index (χ4v) is 3.43. The van der Waals surface area contributed by atoms with Gasteiger partial charge in [0.05, 0.1) is 11.9 Å². The zero-order valence-corrected chi connectivity index (χ0v) is 13.2. The van der Waals surface area contributed by atoms with Crippen LogP contribution in [0.15, 0.2) is 36.5 Å². The number of hydrogen-bond acceptors (Lipinski definition) is 2. The van der Waals surface area contributed by atoms with Crippen molar-refractivity contribution in [3.8, 4) is 5.69 Å². The highest BCUT2D eigenvalue weighted by Gasteiger charge is 2.29. The second-order valence-electron chi connectivity index (χ2n) is 6.37. The zero-order valence-electron chi connectivity index (χ0n) is 13.2. The van der Waals surface area contributed by atoms with Crippen LogP contribution in [0.2, 0.25) is 0 Å². The van der Waals surface area contributed by atoms with Crippen LogP contribution in [0.3, 0.4) is 0 Å². The van der Waals surface area contributed by atoms with Crippen LogP contribution >= 0.6 is 0 Å². The van der Waals surface area contributed by atoms with E-state index in [1.54, 1.807) is 0 Å². The van der Waals surface area contributed by atoms with Crippen LogP contribution in [-0.4, -0.2) is 15.6 Å². The molecule has 3 nitrogen and oxygen atoms in total. The van der Waals surface area contributed by atoms with Gasteiger partial charge in [0.25, 0.3) is 0 Å². The van der Waals surface area contributed by atoms with Gasteiger partial charge in [-0.1, -0.05) is 32.0 Å². The summed E-state index contributed by atoms with van der Waals surface area (Å²) in [4.78, 5) is 4.50. The van der Waals surface area contributed by atoms with Crippen LogP contribution in [0.1, 0.15) is 38.2 Å². The SMILES string of the molecule is Cc1ncc(CNC2CCC(C)C2C)n1-c1ccccc1. The van der Waals surface area contributed by atoms with E-state index in [9.17, 15) is 0 Å². The van der Waals surface area contributed by atoms with E-state index in [4.69, 9.17) is 0 Å². The molecular weight excluding hydrogens is 258 g/mol. The predicted octanol–water partition coefficient (Wildman–Crippen LogP) is 3.70. The van der Waals surface area contributed by atoms with Gasteiger partial charge in [-0.3, -0.25) is 4.57 Å². The standard InChI is InChI=1S/C18H25N3/c1-13-9-10-18(14(13)2)20-12-17-11-19-15(3)21(17)16-7-5-4-6-8-16/h4-8,11,13-14,18,20H,9-10,12H2,1-3H3. The number of benzene rings is 1. The minimum Gasteiger partial charge on any atom is -0.308 e. The van der Waals surface area contributed by atoms with Crippen molar-refractivity contribution in [3.63, 3.8) is 0 Å². The monoisotopic (exact) mass is 283 g/mol. The van der Waals surface area contributed by atoms with Crippen molar-refractivity contribution in [2.75, 3.05) is 0 Å². The maximum Gasteiger partial charge on any atom is 0.110 e. The first-order valence-electron chi connectivity index (χ1n) is 7.99. The molecule has 0 spiro atoms. The van der Waals surface area contributed by atoms with Gasteiger partial charge in [-0.15, -0.1) is 0 Å². The third kappa shape index (κ3) is 2.88. The summed E-state index contributed by atoms with van der Waals surface area (Å²) in [6, 6.07) is 11.1. The van der Waals surface area contributed by atoms with Crippen molar-refractivity contribution in [1.82, 2.24) is 14.9 Å². The van der Waals surface area contributed by atoms with Gasteiger partial charge in [-0.2, -0.15) is 0 Å². The maximum atomic E-state index is 4.50. The van der Waals surface area contributed by atoms with Crippen LogP contribution in [0.4, 0.5) is 0 Å². The lowest BCUT2D eigenvalue weighted by atomic mass is 9.98. The van der Waals surface area contributed by atoms with Gasteiger partial charge in [0.15, 0.2) is 0 Å². The summed E-state index contributed by atoms with van der Waals surface area (Å²) in [5, 5.41) is 3.74. The Bertz CT molecular complexity index is 588. The lowest BCUT2D eigenvalue weighted by Gasteiger charge is -2.20. The van der Waals surface area contributed by atoms with Crippen molar-refractivity contribution in [2.45, 2.75) is 46.2 Å². The summed E-state index contributed by atoms with van der Waals surface area (Å²) in [5.74, 6) is 2.65. The van der Waals surface area contributed by atoms with Crippen molar-refractivity contribution in [3.05, 3.63) is 48.0 Å². The minimum atomic E-state index is 0.638. The van der Waals surface area contributed by atoms with Gasteiger partial charge < -0.3 is 5.32 Å². The number of rotatable bonds is 4. The molecule has 1 aliphatic carbocycles. The molecule has 1 fully saturated rings. The lowest BCUT2D eigenvalue weighted by Crippen LogP contribution is -2.32. The van der Waals surface area contributed by atoms with Crippen LogP contribution in [0.5, 0.6) is 0 Å². The molecule has 2 aromatic rings. The Hall–Kier alpha value is -1.61.